The van der Waals surface area contributed by atoms with Crippen LogP contribution < -0.4 is 5.32 Å². The van der Waals surface area contributed by atoms with Crippen LogP contribution in [0.5, 0.6) is 0 Å². The van der Waals surface area contributed by atoms with Crippen LogP contribution in [0, 0.1) is 20.8 Å². The first-order chi connectivity index (χ1) is 7.56. The molecule has 1 aromatic carbocycles. The van der Waals surface area contributed by atoms with Crippen molar-refractivity contribution < 1.29 is 4.42 Å². The largest absolute Gasteiger partial charge is 0.459 e. The maximum Gasteiger partial charge on any atom is 0.137 e. The molecular weight excluding hydrogens is 198 g/mol. The van der Waals surface area contributed by atoms with E-state index in [1.165, 1.54) is 22.1 Å². The molecule has 0 aliphatic heterocycles. The molecule has 1 heterocycles. The molecule has 0 radical (unpaired) electrons. The molecule has 0 saturated carbocycles. The Bertz CT molecular complexity index is 525. The van der Waals surface area contributed by atoms with Gasteiger partial charge in [-0.25, -0.2) is 0 Å². The third-order valence-electron chi connectivity index (χ3n) is 3.35. The Morgan fingerprint density at radius 3 is 2.31 bits per heavy atom. The van der Waals surface area contributed by atoms with E-state index >= 15 is 0 Å². The van der Waals surface area contributed by atoms with E-state index in [0.717, 1.165) is 11.3 Å². The topological polar surface area (TPSA) is 25.2 Å². The van der Waals surface area contributed by atoms with Gasteiger partial charge in [-0.15, -0.1) is 0 Å². The molecule has 86 valence electrons. The highest BCUT2D eigenvalue weighted by molar-refractivity contribution is 5.87. The van der Waals surface area contributed by atoms with Crippen molar-refractivity contribution >= 4 is 11.0 Å². The highest BCUT2D eigenvalue weighted by Gasteiger charge is 2.17. The number of furan rings is 1. The number of fused-ring (bicyclic) bond motifs is 1. The molecule has 2 nitrogen and oxygen atoms in total. The molecule has 0 aliphatic carbocycles. The zero-order valence-corrected chi connectivity index (χ0v) is 10.6. The Labute approximate surface area is 96.6 Å². The number of hydrogen-bond donors (Lipinski definition) is 1. The molecule has 1 atom stereocenters. The Balaban J connectivity index is 2.77. The first-order valence-electron chi connectivity index (χ1n) is 5.72. The van der Waals surface area contributed by atoms with Crippen molar-refractivity contribution in [3.05, 3.63) is 34.6 Å². The third-order valence-corrected chi connectivity index (χ3v) is 3.35. The van der Waals surface area contributed by atoms with Gasteiger partial charge < -0.3 is 9.73 Å². The second kappa shape index (κ2) is 3.95. The lowest BCUT2D eigenvalue weighted by atomic mass is 10.0. The summed E-state index contributed by atoms with van der Waals surface area (Å²) in [4.78, 5) is 0. The minimum Gasteiger partial charge on any atom is -0.459 e. The van der Waals surface area contributed by atoms with Gasteiger partial charge in [-0.05, 0) is 45.9 Å². The molecular formula is C14H19NO. The number of hydrogen-bond acceptors (Lipinski definition) is 2. The van der Waals surface area contributed by atoms with Gasteiger partial charge in [-0.1, -0.05) is 12.1 Å². The molecule has 0 amide bonds. The van der Waals surface area contributed by atoms with Crippen LogP contribution in [0.2, 0.25) is 0 Å². The summed E-state index contributed by atoms with van der Waals surface area (Å²) in [5.41, 5.74) is 4.79. The van der Waals surface area contributed by atoms with E-state index in [0.29, 0.717) is 0 Å². The first kappa shape index (κ1) is 11.2. The maximum absolute atomic E-state index is 6.00. The molecule has 0 saturated heterocycles. The molecule has 1 unspecified atom stereocenters. The monoisotopic (exact) mass is 217 g/mol. The fourth-order valence-corrected chi connectivity index (χ4v) is 2.24. The highest BCUT2D eigenvalue weighted by Crippen LogP contribution is 2.33. The molecule has 1 aromatic heterocycles. The van der Waals surface area contributed by atoms with Crippen LogP contribution in [-0.4, -0.2) is 7.05 Å². The summed E-state index contributed by atoms with van der Waals surface area (Å²) in [6, 6.07) is 4.54. The number of rotatable bonds is 2. The SMILES string of the molecule is CNC(C)c1oc2c(C)ccc(C)c2c1C. The van der Waals surface area contributed by atoms with E-state index in [4.69, 9.17) is 4.42 Å². The predicted octanol–water partition coefficient (Wildman–Crippen LogP) is 3.64. The summed E-state index contributed by atoms with van der Waals surface area (Å²) < 4.78 is 6.00. The zero-order valence-electron chi connectivity index (χ0n) is 10.6. The van der Waals surface area contributed by atoms with Crippen LogP contribution in [-0.2, 0) is 0 Å². The average Bonchev–Trinajstić information content (AvgIpc) is 2.62. The lowest BCUT2D eigenvalue weighted by Gasteiger charge is -2.07. The van der Waals surface area contributed by atoms with Gasteiger partial charge in [0.15, 0.2) is 0 Å². The maximum atomic E-state index is 6.00. The van der Waals surface area contributed by atoms with Gasteiger partial charge in [-0.3, -0.25) is 0 Å². The average molecular weight is 217 g/mol. The predicted molar refractivity (Wildman–Crippen MR) is 67.9 cm³/mol. The lowest BCUT2D eigenvalue weighted by Crippen LogP contribution is -2.12. The first-order valence-corrected chi connectivity index (χ1v) is 5.72. The summed E-state index contributed by atoms with van der Waals surface area (Å²) in [7, 11) is 1.96. The fraction of sp³-hybridized carbons (Fsp3) is 0.429. The lowest BCUT2D eigenvalue weighted by molar-refractivity contribution is 0.470. The summed E-state index contributed by atoms with van der Waals surface area (Å²) in [5.74, 6) is 1.05. The van der Waals surface area contributed by atoms with Crippen molar-refractivity contribution in [1.82, 2.24) is 5.32 Å². The van der Waals surface area contributed by atoms with Crippen LogP contribution in [0.25, 0.3) is 11.0 Å². The van der Waals surface area contributed by atoms with E-state index < -0.39 is 0 Å². The van der Waals surface area contributed by atoms with Gasteiger partial charge in [-0.2, -0.15) is 0 Å². The van der Waals surface area contributed by atoms with Crippen LogP contribution in [0.1, 0.15) is 35.4 Å². The van der Waals surface area contributed by atoms with E-state index in [1.807, 2.05) is 7.05 Å². The van der Waals surface area contributed by atoms with E-state index in [1.54, 1.807) is 0 Å². The van der Waals surface area contributed by atoms with Crippen molar-refractivity contribution in [3.8, 4) is 0 Å². The molecule has 0 fully saturated rings. The molecule has 2 aromatic rings. The molecule has 0 aliphatic rings. The minimum atomic E-state index is 0.256. The Kier molecular flexibility index (Phi) is 2.76. The van der Waals surface area contributed by atoms with E-state index in [9.17, 15) is 0 Å². The smallest absolute Gasteiger partial charge is 0.137 e. The van der Waals surface area contributed by atoms with E-state index in [-0.39, 0.29) is 6.04 Å². The zero-order chi connectivity index (χ0) is 11.9. The van der Waals surface area contributed by atoms with Gasteiger partial charge in [0.05, 0.1) is 6.04 Å². The molecule has 0 spiro atoms. The molecule has 2 rings (SSSR count). The molecule has 0 bridgehead atoms. The summed E-state index contributed by atoms with van der Waals surface area (Å²) >= 11 is 0. The molecule has 2 heteroatoms. The standard InChI is InChI=1S/C14H19NO/c1-8-6-7-9(2)13-12(8)10(3)14(16-13)11(4)15-5/h6-7,11,15H,1-5H3. The Morgan fingerprint density at radius 2 is 1.75 bits per heavy atom. The minimum absolute atomic E-state index is 0.256. The summed E-state index contributed by atoms with van der Waals surface area (Å²) in [6.45, 7) is 8.49. The summed E-state index contributed by atoms with van der Waals surface area (Å²) in [5, 5.41) is 4.50. The Hall–Kier alpha value is -1.28. The van der Waals surface area contributed by atoms with Crippen molar-refractivity contribution in [1.29, 1.82) is 0 Å². The van der Waals surface area contributed by atoms with Crippen LogP contribution in [0.4, 0.5) is 0 Å². The van der Waals surface area contributed by atoms with Gasteiger partial charge in [0, 0.05) is 10.9 Å². The van der Waals surface area contributed by atoms with Crippen molar-refractivity contribution in [2.45, 2.75) is 33.7 Å². The van der Waals surface area contributed by atoms with Gasteiger partial charge in [0.2, 0.25) is 0 Å². The fourth-order valence-electron chi connectivity index (χ4n) is 2.24. The van der Waals surface area contributed by atoms with Crippen molar-refractivity contribution in [2.75, 3.05) is 7.05 Å². The Morgan fingerprint density at radius 1 is 1.12 bits per heavy atom. The number of benzene rings is 1. The van der Waals surface area contributed by atoms with Crippen LogP contribution >= 0.6 is 0 Å². The van der Waals surface area contributed by atoms with Gasteiger partial charge in [0.1, 0.15) is 11.3 Å². The van der Waals surface area contributed by atoms with Crippen LogP contribution in [0.3, 0.4) is 0 Å². The second-order valence-electron chi connectivity index (χ2n) is 4.51. The highest BCUT2D eigenvalue weighted by atomic mass is 16.3. The van der Waals surface area contributed by atoms with Gasteiger partial charge in [0.25, 0.3) is 0 Å². The van der Waals surface area contributed by atoms with E-state index in [2.05, 4.69) is 45.1 Å². The van der Waals surface area contributed by atoms with Crippen LogP contribution in [0.15, 0.2) is 16.5 Å². The molecule has 16 heavy (non-hydrogen) atoms. The third kappa shape index (κ3) is 1.54. The van der Waals surface area contributed by atoms with Crippen molar-refractivity contribution in [2.24, 2.45) is 0 Å². The number of aryl methyl sites for hydroxylation is 3. The quantitative estimate of drug-likeness (QED) is 0.830. The normalized spacial score (nSPS) is 13.3. The number of nitrogens with one attached hydrogen (secondary N) is 1. The second-order valence-corrected chi connectivity index (χ2v) is 4.51. The summed E-state index contributed by atoms with van der Waals surface area (Å²) in [6.07, 6.45) is 0. The molecule has 1 N–H and O–H groups in total. The van der Waals surface area contributed by atoms with Gasteiger partial charge >= 0.3 is 0 Å². The van der Waals surface area contributed by atoms with Crippen molar-refractivity contribution in [3.63, 3.8) is 0 Å².